The smallest absolute Gasteiger partial charge is 0.173 e. The number of carbonyl (C=O) groups is 1. The van der Waals surface area contributed by atoms with E-state index < -0.39 is 5.60 Å². The molecule has 0 saturated carbocycles. The minimum Gasteiger partial charge on any atom is -0.486 e. The third kappa shape index (κ3) is 1.47. The van der Waals surface area contributed by atoms with Crippen LogP contribution in [0.5, 0.6) is 5.75 Å². The summed E-state index contributed by atoms with van der Waals surface area (Å²) in [6.45, 7) is 5.65. The van der Waals surface area contributed by atoms with Gasteiger partial charge in [0, 0.05) is 0 Å². The lowest BCUT2D eigenvalue weighted by Crippen LogP contribution is -2.44. The fourth-order valence-corrected chi connectivity index (χ4v) is 1.80. The summed E-state index contributed by atoms with van der Waals surface area (Å²) in [5.41, 5.74) is 0.520. The quantitative estimate of drug-likeness (QED) is 0.668. The molecule has 3 heteroatoms. The highest BCUT2D eigenvalue weighted by molar-refractivity contribution is 6.02. The van der Waals surface area contributed by atoms with Gasteiger partial charge in [0.2, 0.25) is 0 Å². The highest BCUT2D eigenvalue weighted by atomic mass is 16.5. The lowest BCUT2D eigenvalue weighted by atomic mass is 9.82. The summed E-state index contributed by atoms with van der Waals surface area (Å²) in [5, 5.41) is 8.79. The molecule has 1 aromatic carbocycles. The van der Waals surface area contributed by atoms with Crippen molar-refractivity contribution < 1.29 is 9.53 Å². The Bertz CT molecular complexity index is 497. The van der Waals surface area contributed by atoms with Gasteiger partial charge in [-0.15, -0.1) is 0 Å². The van der Waals surface area contributed by atoms with Gasteiger partial charge in [0.15, 0.2) is 5.78 Å². The van der Waals surface area contributed by atoms with Crippen LogP contribution in [0.1, 0.15) is 36.7 Å². The summed E-state index contributed by atoms with van der Waals surface area (Å²) in [6, 6.07) is 6.98. The fourth-order valence-electron chi connectivity index (χ4n) is 1.80. The molecule has 1 aromatic rings. The maximum atomic E-state index is 12.1. The van der Waals surface area contributed by atoms with Gasteiger partial charge in [-0.2, -0.15) is 5.26 Å². The third-order valence-corrected chi connectivity index (χ3v) is 3.18. The Balaban J connectivity index is 2.56. The first kappa shape index (κ1) is 10.7. The van der Waals surface area contributed by atoms with Crippen molar-refractivity contribution in [1.82, 2.24) is 0 Å². The van der Waals surface area contributed by atoms with Crippen molar-refractivity contribution in [3.05, 3.63) is 29.3 Å². The highest BCUT2D eigenvalue weighted by Crippen LogP contribution is 2.36. The molecule has 16 heavy (non-hydrogen) atoms. The Hall–Kier alpha value is -1.82. The minimum absolute atomic E-state index is 0.0448. The maximum Gasteiger partial charge on any atom is 0.173 e. The molecule has 0 aliphatic carbocycles. The zero-order valence-electron chi connectivity index (χ0n) is 9.57. The predicted molar refractivity (Wildman–Crippen MR) is 59.4 cm³/mol. The van der Waals surface area contributed by atoms with Crippen LogP contribution in [-0.4, -0.2) is 11.4 Å². The molecule has 1 aliphatic rings. The second-order valence-corrected chi connectivity index (χ2v) is 4.61. The number of fused-ring (bicyclic) bond motifs is 1. The van der Waals surface area contributed by atoms with Crippen LogP contribution in [0.25, 0.3) is 0 Å². The number of ether oxygens (including phenoxy) is 1. The van der Waals surface area contributed by atoms with Crippen molar-refractivity contribution in [2.75, 3.05) is 0 Å². The van der Waals surface area contributed by atoms with E-state index in [-0.39, 0.29) is 11.7 Å². The molecule has 0 spiro atoms. The maximum absolute atomic E-state index is 12.1. The van der Waals surface area contributed by atoms with Gasteiger partial charge in [-0.1, -0.05) is 6.92 Å². The molecule has 2 rings (SSSR count). The van der Waals surface area contributed by atoms with Gasteiger partial charge in [-0.05, 0) is 32.0 Å². The first-order chi connectivity index (χ1) is 7.45. The summed E-state index contributed by atoms with van der Waals surface area (Å²) >= 11 is 0. The molecular formula is C13H13NO2. The van der Waals surface area contributed by atoms with Crippen LogP contribution < -0.4 is 4.74 Å². The summed E-state index contributed by atoms with van der Waals surface area (Å²) < 4.78 is 5.77. The van der Waals surface area contributed by atoms with Crippen molar-refractivity contribution in [2.45, 2.75) is 26.4 Å². The molecule has 0 unspecified atom stereocenters. The number of ketones is 1. The number of benzene rings is 1. The number of nitriles is 1. The lowest BCUT2D eigenvalue weighted by molar-refractivity contribution is 0.0319. The number of hydrogen-bond acceptors (Lipinski definition) is 3. The van der Waals surface area contributed by atoms with E-state index in [0.717, 1.165) is 0 Å². The van der Waals surface area contributed by atoms with Crippen LogP contribution in [0.2, 0.25) is 0 Å². The molecule has 0 N–H and O–H groups in total. The average molecular weight is 215 g/mol. The Kier molecular flexibility index (Phi) is 2.23. The number of hydrogen-bond donors (Lipinski definition) is 0. The van der Waals surface area contributed by atoms with Crippen molar-refractivity contribution in [2.24, 2.45) is 5.92 Å². The SMILES string of the molecule is C[C@H]1C(=O)c2cc(C#N)ccc2OC1(C)C. The predicted octanol–water partition coefficient (Wildman–Crippen LogP) is 2.55. The van der Waals surface area contributed by atoms with Crippen molar-refractivity contribution >= 4 is 5.78 Å². The molecule has 0 bridgehead atoms. The molecule has 82 valence electrons. The van der Waals surface area contributed by atoms with Crippen molar-refractivity contribution in [1.29, 1.82) is 5.26 Å². The van der Waals surface area contributed by atoms with Crippen LogP contribution in [-0.2, 0) is 0 Å². The second kappa shape index (κ2) is 3.34. The third-order valence-electron chi connectivity index (χ3n) is 3.18. The summed E-state index contributed by atoms with van der Waals surface area (Å²) in [4.78, 5) is 12.1. The van der Waals surface area contributed by atoms with Crippen LogP contribution in [0, 0.1) is 17.2 Å². The first-order valence-electron chi connectivity index (χ1n) is 5.23. The summed E-state index contributed by atoms with van der Waals surface area (Å²) in [7, 11) is 0. The van der Waals surface area contributed by atoms with Crippen LogP contribution in [0.4, 0.5) is 0 Å². The molecule has 1 atom stereocenters. The molecular weight excluding hydrogens is 202 g/mol. The van der Waals surface area contributed by atoms with Gasteiger partial charge in [0.1, 0.15) is 11.4 Å². The van der Waals surface area contributed by atoms with Gasteiger partial charge in [0.05, 0.1) is 23.1 Å². The van der Waals surface area contributed by atoms with E-state index in [1.807, 2.05) is 26.8 Å². The van der Waals surface area contributed by atoms with E-state index in [4.69, 9.17) is 10.00 Å². The van der Waals surface area contributed by atoms with E-state index in [1.165, 1.54) is 0 Å². The molecule has 0 aromatic heterocycles. The van der Waals surface area contributed by atoms with E-state index in [1.54, 1.807) is 18.2 Å². The topological polar surface area (TPSA) is 50.1 Å². The summed E-state index contributed by atoms with van der Waals surface area (Å²) in [5.74, 6) is 0.421. The van der Waals surface area contributed by atoms with E-state index in [9.17, 15) is 4.79 Å². The zero-order chi connectivity index (χ0) is 11.9. The molecule has 1 aliphatic heterocycles. The summed E-state index contributed by atoms with van der Waals surface area (Å²) in [6.07, 6.45) is 0. The number of nitrogens with zero attached hydrogens (tertiary/aromatic N) is 1. The number of Topliss-reactive ketones (excluding diaryl/α,β-unsaturated/α-hetero) is 1. The largest absolute Gasteiger partial charge is 0.486 e. The van der Waals surface area contributed by atoms with Gasteiger partial charge in [-0.25, -0.2) is 0 Å². The molecule has 0 fully saturated rings. The van der Waals surface area contributed by atoms with Gasteiger partial charge >= 0.3 is 0 Å². The van der Waals surface area contributed by atoms with Gasteiger partial charge < -0.3 is 4.74 Å². The Morgan fingerprint density at radius 3 is 2.75 bits per heavy atom. The van der Waals surface area contributed by atoms with Crippen LogP contribution >= 0.6 is 0 Å². The minimum atomic E-state index is -0.488. The Morgan fingerprint density at radius 1 is 1.44 bits per heavy atom. The van der Waals surface area contributed by atoms with Crippen LogP contribution in [0.15, 0.2) is 18.2 Å². The van der Waals surface area contributed by atoms with E-state index in [0.29, 0.717) is 16.9 Å². The molecule has 0 radical (unpaired) electrons. The standard InChI is InChI=1S/C13H13NO2/c1-8-12(15)10-6-9(7-14)4-5-11(10)16-13(8,2)3/h4-6,8H,1-3H3/t8-/m0/s1. The molecule has 1 heterocycles. The Morgan fingerprint density at radius 2 is 2.12 bits per heavy atom. The normalized spacial score (nSPS) is 21.9. The fraction of sp³-hybridized carbons (Fsp3) is 0.385. The molecule has 3 nitrogen and oxygen atoms in total. The second-order valence-electron chi connectivity index (χ2n) is 4.61. The van der Waals surface area contributed by atoms with Crippen molar-refractivity contribution in [3.8, 4) is 11.8 Å². The Labute approximate surface area is 94.6 Å². The lowest BCUT2D eigenvalue weighted by Gasteiger charge is -2.37. The first-order valence-corrected chi connectivity index (χ1v) is 5.23. The van der Waals surface area contributed by atoms with Crippen LogP contribution in [0.3, 0.4) is 0 Å². The number of carbonyl (C=O) groups excluding carboxylic acids is 1. The highest BCUT2D eigenvalue weighted by Gasteiger charge is 2.39. The van der Waals surface area contributed by atoms with Gasteiger partial charge in [0.25, 0.3) is 0 Å². The van der Waals surface area contributed by atoms with E-state index in [2.05, 4.69) is 0 Å². The monoisotopic (exact) mass is 215 g/mol. The van der Waals surface area contributed by atoms with E-state index >= 15 is 0 Å². The average Bonchev–Trinajstić information content (AvgIpc) is 2.25. The van der Waals surface area contributed by atoms with Gasteiger partial charge in [-0.3, -0.25) is 4.79 Å². The molecule has 0 saturated heterocycles. The molecule has 0 amide bonds. The van der Waals surface area contributed by atoms with Crippen molar-refractivity contribution in [3.63, 3.8) is 0 Å². The zero-order valence-corrected chi connectivity index (χ0v) is 9.57. The number of rotatable bonds is 0.